The van der Waals surface area contributed by atoms with Crippen LogP contribution in [0, 0.1) is 0 Å². The smallest absolute Gasteiger partial charge is 0.193 e. The van der Waals surface area contributed by atoms with E-state index >= 15 is 0 Å². The van der Waals surface area contributed by atoms with Gasteiger partial charge in [-0.2, -0.15) is 0 Å². The van der Waals surface area contributed by atoms with Crippen molar-refractivity contribution in [1.29, 1.82) is 0 Å². The number of hydrogen-bond acceptors (Lipinski definition) is 4. The summed E-state index contributed by atoms with van der Waals surface area (Å²) in [5.74, 6) is 0. The van der Waals surface area contributed by atoms with Crippen LogP contribution in [0.5, 0.6) is 0 Å². The van der Waals surface area contributed by atoms with Crippen LogP contribution in [-0.2, 0) is 6.54 Å². The molecule has 1 unspecified atom stereocenters. The van der Waals surface area contributed by atoms with Gasteiger partial charge in [-0.15, -0.1) is 11.3 Å². The van der Waals surface area contributed by atoms with Crippen molar-refractivity contribution in [1.82, 2.24) is 19.6 Å². The maximum atomic E-state index is 4.65. The monoisotopic (exact) mass is 250 g/mol. The molecule has 5 heteroatoms. The Bertz CT molecular complexity index is 461. The molecule has 92 valence electrons. The molecule has 0 amide bonds. The van der Waals surface area contributed by atoms with Crippen LogP contribution in [0.2, 0.25) is 0 Å². The summed E-state index contributed by atoms with van der Waals surface area (Å²) in [6, 6.07) is 0.643. The third-order valence-corrected chi connectivity index (χ3v) is 4.22. The van der Waals surface area contributed by atoms with Crippen LogP contribution in [0.25, 0.3) is 4.96 Å². The Hall–Kier alpha value is -0.910. The largest absolute Gasteiger partial charge is 0.315 e. The highest BCUT2D eigenvalue weighted by Gasteiger charge is 2.17. The van der Waals surface area contributed by atoms with Gasteiger partial charge in [0.05, 0.1) is 5.69 Å². The van der Waals surface area contributed by atoms with Gasteiger partial charge in [-0.25, -0.2) is 4.98 Å². The van der Waals surface area contributed by atoms with E-state index in [0.29, 0.717) is 6.04 Å². The third kappa shape index (κ3) is 2.36. The molecule has 1 fully saturated rings. The Morgan fingerprint density at radius 3 is 3.35 bits per heavy atom. The van der Waals surface area contributed by atoms with Crippen molar-refractivity contribution in [3.05, 3.63) is 23.5 Å². The molecule has 2 aromatic heterocycles. The number of imidazole rings is 1. The highest BCUT2D eigenvalue weighted by molar-refractivity contribution is 7.15. The molecule has 1 saturated heterocycles. The van der Waals surface area contributed by atoms with E-state index in [1.54, 1.807) is 11.3 Å². The fourth-order valence-corrected chi connectivity index (χ4v) is 3.08. The molecule has 17 heavy (non-hydrogen) atoms. The Morgan fingerprint density at radius 1 is 1.53 bits per heavy atom. The lowest BCUT2D eigenvalue weighted by atomic mass is 10.2. The molecule has 0 saturated carbocycles. The average Bonchev–Trinajstić information content (AvgIpc) is 2.81. The van der Waals surface area contributed by atoms with Crippen LogP contribution < -0.4 is 5.32 Å². The lowest BCUT2D eigenvalue weighted by Crippen LogP contribution is -2.33. The van der Waals surface area contributed by atoms with Crippen molar-refractivity contribution in [2.24, 2.45) is 0 Å². The summed E-state index contributed by atoms with van der Waals surface area (Å²) in [6.07, 6.45) is 5.45. The highest BCUT2D eigenvalue weighted by Crippen LogP contribution is 2.15. The van der Waals surface area contributed by atoms with E-state index in [0.717, 1.165) is 31.1 Å². The first kappa shape index (κ1) is 11.2. The standard InChI is InChI=1S/C12H18N4S/c1-10-2-3-13-4-5-15(10)8-11-9-16-6-7-17-12(16)14-11/h6-7,9-10,13H,2-5,8H2,1H3. The fraction of sp³-hybridized carbons (Fsp3) is 0.583. The number of rotatable bonds is 2. The average molecular weight is 250 g/mol. The van der Waals surface area contributed by atoms with Gasteiger partial charge >= 0.3 is 0 Å². The van der Waals surface area contributed by atoms with Gasteiger partial charge in [0, 0.05) is 43.4 Å². The van der Waals surface area contributed by atoms with Gasteiger partial charge in [-0.1, -0.05) is 0 Å². The van der Waals surface area contributed by atoms with Crippen LogP contribution in [0.3, 0.4) is 0 Å². The van der Waals surface area contributed by atoms with Gasteiger partial charge in [0.25, 0.3) is 0 Å². The first-order chi connectivity index (χ1) is 8.33. The van der Waals surface area contributed by atoms with Crippen molar-refractivity contribution in [3.63, 3.8) is 0 Å². The van der Waals surface area contributed by atoms with E-state index in [1.165, 1.54) is 12.1 Å². The third-order valence-electron chi connectivity index (χ3n) is 3.45. The Labute approximate surface area is 105 Å². The summed E-state index contributed by atoms with van der Waals surface area (Å²) in [6.45, 7) is 6.62. The summed E-state index contributed by atoms with van der Waals surface area (Å²) in [5, 5.41) is 5.52. The predicted octanol–water partition coefficient (Wildman–Crippen LogP) is 1.58. The molecule has 0 bridgehead atoms. The summed E-state index contributed by atoms with van der Waals surface area (Å²) < 4.78 is 2.11. The quantitative estimate of drug-likeness (QED) is 0.878. The van der Waals surface area contributed by atoms with Crippen LogP contribution in [0.4, 0.5) is 0 Å². The number of hydrogen-bond donors (Lipinski definition) is 1. The van der Waals surface area contributed by atoms with E-state index in [4.69, 9.17) is 0 Å². The minimum Gasteiger partial charge on any atom is -0.315 e. The van der Waals surface area contributed by atoms with Crippen molar-refractivity contribution >= 4 is 16.3 Å². The molecule has 1 aliphatic heterocycles. The molecule has 1 N–H and O–H groups in total. The number of fused-ring (bicyclic) bond motifs is 1. The molecule has 4 nitrogen and oxygen atoms in total. The summed E-state index contributed by atoms with van der Waals surface area (Å²) in [7, 11) is 0. The van der Waals surface area contributed by atoms with Crippen molar-refractivity contribution < 1.29 is 0 Å². The normalized spacial score (nSPS) is 23.0. The second-order valence-corrected chi connectivity index (χ2v) is 5.56. The molecular weight excluding hydrogens is 232 g/mol. The minimum absolute atomic E-state index is 0.643. The topological polar surface area (TPSA) is 32.6 Å². The van der Waals surface area contributed by atoms with Crippen molar-refractivity contribution in [3.8, 4) is 0 Å². The number of nitrogens with zero attached hydrogens (tertiary/aromatic N) is 3. The summed E-state index contributed by atoms with van der Waals surface area (Å²) >= 11 is 1.70. The van der Waals surface area contributed by atoms with Crippen LogP contribution >= 0.6 is 11.3 Å². The van der Waals surface area contributed by atoms with Gasteiger partial charge in [0.1, 0.15) is 0 Å². The molecule has 3 rings (SSSR count). The Kier molecular flexibility index (Phi) is 3.13. The van der Waals surface area contributed by atoms with Crippen molar-refractivity contribution in [2.45, 2.75) is 25.9 Å². The van der Waals surface area contributed by atoms with E-state index in [9.17, 15) is 0 Å². The van der Waals surface area contributed by atoms with Gasteiger partial charge in [-0.05, 0) is 19.9 Å². The number of thiazole rings is 1. The first-order valence-corrected chi connectivity index (χ1v) is 7.07. The van der Waals surface area contributed by atoms with E-state index in [1.807, 2.05) is 0 Å². The molecule has 0 spiro atoms. The Balaban J connectivity index is 1.74. The lowest BCUT2D eigenvalue weighted by molar-refractivity contribution is 0.209. The highest BCUT2D eigenvalue weighted by atomic mass is 32.1. The fourth-order valence-electron chi connectivity index (χ4n) is 2.36. The maximum absolute atomic E-state index is 4.65. The molecule has 3 heterocycles. The maximum Gasteiger partial charge on any atom is 0.193 e. The SMILES string of the molecule is CC1CCNCCN1Cc1cn2ccsc2n1. The van der Waals surface area contributed by atoms with E-state index in [2.05, 4.69) is 44.3 Å². The van der Waals surface area contributed by atoms with Gasteiger partial charge in [0.2, 0.25) is 0 Å². The molecule has 1 aliphatic rings. The van der Waals surface area contributed by atoms with Gasteiger partial charge in [0.15, 0.2) is 4.96 Å². The number of aromatic nitrogens is 2. The number of nitrogens with one attached hydrogen (secondary N) is 1. The second-order valence-electron chi connectivity index (χ2n) is 4.68. The summed E-state index contributed by atoms with van der Waals surface area (Å²) in [5.41, 5.74) is 1.19. The first-order valence-electron chi connectivity index (χ1n) is 6.19. The molecule has 2 aromatic rings. The lowest BCUT2D eigenvalue weighted by Gasteiger charge is -2.25. The van der Waals surface area contributed by atoms with E-state index < -0.39 is 0 Å². The van der Waals surface area contributed by atoms with Crippen molar-refractivity contribution in [2.75, 3.05) is 19.6 Å². The molecule has 1 atom stereocenters. The molecule has 0 aromatic carbocycles. The zero-order valence-electron chi connectivity index (χ0n) is 10.1. The van der Waals surface area contributed by atoms with Crippen LogP contribution in [0.1, 0.15) is 19.0 Å². The Morgan fingerprint density at radius 2 is 2.47 bits per heavy atom. The molecule has 0 radical (unpaired) electrons. The second kappa shape index (κ2) is 4.76. The van der Waals surface area contributed by atoms with E-state index in [-0.39, 0.29) is 0 Å². The molecule has 0 aliphatic carbocycles. The van der Waals surface area contributed by atoms with Gasteiger partial charge in [-0.3, -0.25) is 9.30 Å². The van der Waals surface area contributed by atoms with Crippen LogP contribution in [0.15, 0.2) is 17.8 Å². The summed E-state index contributed by atoms with van der Waals surface area (Å²) in [4.78, 5) is 8.27. The zero-order chi connectivity index (χ0) is 11.7. The zero-order valence-corrected chi connectivity index (χ0v) is 10.9. The minimum atomic E-state index is 0.643. The predicted molar refractivity (Wildman–Crippen MR) is 70.4 cm³/mol. The molecular formula is C12H18N4S. The van der Waals surface area contributed by atoms with Crippen LogP contribution in [-0.4, -0.2) is 40.0 Å². The van der Waals surface area contributed by atoms with Gasteiger partial charge < -0.3 is 5.32 Å².